The van der Waals surface area contributed by atoms with Crippen LogP contribution in [-0.2, 0) is 15.6 Å². The highest BCUT2D eigenvalue weighted by Gasteiger charge is 2.29. The second kappa shape index (κ2) is 7.41. The number of rotatable bonds is 7. The molecule has 0 fully saturated rings. The van der Waals surface area contributed by atoms with Crippen molar-refractivity contribution in [3.05, 3.63) is 35.4 Å². The zero-order valence-corrected chi connectivity index (χ0v) is 14.8. The third-order valence-electron chi connectivity index (χ3n) is 3.58. The van der Waals surface area contributed by atoms with Crippen LogP contribution in [0, 0.1) is 12.3 Å². The van der Waals surface area contributed by atoms with Crippen molar-refractivity contribution in [1.29, 1.82) is 0 Å². The first-order valence-corrected chi connectivity index (χ1v) is 9.45. The fraction of sp³-hybridized carbons (Fsp3) is 0.647. The lowest BCUT2D eigenvalue weighted by molar-refractivity contribution is 0.288. The van der Waals surface area contributed by atoms with Crippen molar-refractivity contribution in [2.45, 2.75) is 52.8 Å². The molecule has 0 radical (unpaired) electrons. The molecule has 0 aromatic heterocycles. The van der Waals surface area contributed by atoms with E-state index in [0.717, 1.165) is 24.1 Å². The first-order valence-electron chi connectivity index (χ1n) is 7.63. The van der Waals surface area contributed by atoms with Gasteiger partial charge in [-0.2, -0.15) is 0 Å². The fourth-order valence-corrected chi connectivity index (χ4v) is 4.23. The molecule has 0 aliphatic heterocycles. The van der Waals surface area contributed by atoms with Gasteiger partial charge in [-0.3, -0.25) is 0 Å². The summed E-state index contributed by atoms with van der Waals surface area (Å²) < 4.78 is 25.0. The smallest absolute Gasteiger partial charge is 0.155 e. The molecule has 4 heteroatoms. The highest BCUT2D eigenvalue weighted by molar-refractivity contribution is 7.90. The zero-order chi connectivity index (χ0) is 16.1. The van der Waals surface area contributed by atoms with Crippen LogP contribution in [0.3, 0.4) is 0 Å². The van der Waals surface area contributed by atoms with Crippen molar-refractivity contribution < 1.29 is 8.42 Å². The van der Waals surface area contributed by atoms with Crippen molar-refractivity contribution >= 4 is 9.84 Å². The van der Waals surface area contributed by atoms with Gasteiger partial charge in [0, 0.05) is 6.04 Å². The zero-order valence-electron chi connectivity index (χ0n) is 13.9. The Morgan fingerprint density at radius 1 is 1.24 bits per heavy atom. The molecule has 0 bridgehead atoms. The number of nitrogens with one attached hydrogen (secondary N) is 1. The standard InChI is InChI=1S/C17H29NO2S/c1-6-10-18-16(17(3,4)5)13-21(19,20)12-15-9-7-8-14(2)11-15/h7-9,11,16,18H,6,10,12-13H2,1-5H3. The van der Waals surface area contributed by atoms with Crippen molar-refractivity contribution in [3.8, 4) is 0 Å². The molecule has 0 aliphatic carbocycles. The Bertz CT molecular complexity index is 544. The first kappa shape index (κ1) is 18.2. The summed E-state index contributed by atoms with van der Waals surface area (Å²) in [6, 6.07) is 7.71. The normalized spacial score (nSPS) is 14.1. The van der Waals surface area contributed by atoms with Gasteiger partial charge in [0.1, 0.15) is 0 Å². The average Bonchev–Trinajstić information content (AvgIpc) is 2.32. The molecule has 0 saturated heterocycles. The lowest BCUT2D eigenvalue weighted by atomic mass is 9.88. The second-order valence-electron chi connectivity index (χ2n) is 6.92. The van der Waals surface area contributed by atoms with E-state index in [1.165, 1.54) is 0 Å². The van der Waals surface area contributed by atoms with Crippen molar-refractivity contribution in [2.75, 3.05) is 12.3 Å². The molecule has 1 aromatic rings. The summed E-state index contributed by atoms with van der Waals surface area (Å²) in [6.07, 6.45) is 1.00. The molecule has 1 N–H and O–H groups in total. The van der Waals surface area contributed by atoms with E-state index < -0.39 is 9.84 Å². The molecule has 0 heterocycles. The summed E-state index contributed by atoms with van der Waals surface area (Å²) >= 11 is 0. The molecule has 1 unspecified atom stereocenters. The van der Waals surface area contributed by atoms with Crippen LogP contribution in [0.4, 0.5) is 0 Å². The van der Waals surface area contributed by atoms with Crippen LogP contribution < -0.4 is 5.32 Å². The van der Waals surface area contributed by atoms with E-state index in [1.807, 2.05) is 31.2 Å². The highest BCUT2D eigenvalue weighted by Crippen LogP contribution is 2.22. The Morgan fingerprint density at radius 3 is 2.43 bits per heavy atom. The topological polar surface area (TPSA) is 46.2 Å². The molecule has 3 nitrogen and oxygen atoms in total. The van der Waals surface area contributed by atoms with Crippen molar-refractivity contribution in [3.63, 3.8) is 0 Å². The summed E-state index contributed by atoms with van der Waals surface area (Å²) in [5.74, 6) is 0.305. The first-order chi connectivity index (χ1) is 9.64. The molecule has 120 valence electrons. The van der Waals surface area contributed by atoms with Gasteiger partial charge in [0.05, 0.1) is 11.5 Å². The number of hydrogen-bond acceptors (Lipinski definition) is 3. The molecule has 1 atom stereocenters. The number of sulfone groups is 1. The highest BCUT2D eigenvalue weighted by atomic mass is 32.2. The maximum atomic E-state index is 12.5. The predicted molar refractivity (Wildman–Crippen MR) is 90.2 cm³/mol. The van der Waals surface area contributed by atoms with E-state index in [1.54, 1.807) is 0 Å². The van der Waals surface area contributed by atoms with Crippen molar-refractivity contribution in [1.82, 2.24) is 5.32 Å². The summed E-state index contributed by atoms with van der Waals surface area (Å²) in [4.78, 5) is 0. The Labute approximate surface area is 130 Å². The molecular weight excluding hydrogens is 282 g/mol. The van der Waals surface area contributed by atoms with Crippen molar-refractivity contribution in [2.24, 2.45) is 5.41 Å². The minimum absolute atomic E-state index is 0.0211. The third-order valence-corrected chi connectivity index (χ3v) is 5.19. The molecular formula is C17H29NO2S. The van der Waals surface area contributed by atoms with E-state index in [2.05, 4.69) is 33.0 Å². The Balaban J connectivity index is 2.81. The third kappa shape index (κ3) is 6.62. The minimum Gasteiger partial charge on any atom is -0.312 e. The largest absolute Gasteiger partial charge is 0.312 e. The van der Waals surface area contributed by atoms with Gasteiger partial charge in [-0.25, -0.2) is 8.42 Å². The van der Waals surface area contributed by atoms with Gasteiger partial charge in [0.25, 0.3) is 0 Å². The average molecular weight is 311 g/mol. The molecule has 1 aromatic carbocycles. The Morgan fingerprint density at radius 2 is 1.90 bits per heavy atom. The van der Waals surface area contributed by atoms with Crippen LogP contribution in [0.15, 0.2) is 24.3 Å². The quantitative estimate of drug-likeness (QED) is 0.840. The van der Waals surface area contributed by atoms with E-state index in [4.69, 9.17) is 0 Å². The van der Waals surface area contributed by atoms with Gasteiger partial charge in [0.2, 0.25) is 0 Å². The van der Waals surface area contributed by atoms with E-state index >= 15 is 0 Å². The minimum atomic E-state index is -3.13. The van der Waals surface area contributed by atoms with Crippen LogP contribution in [0.1, 0.15) is 45.2 Å². The summed E-state index contributed by atoms with van der Waals surface area (Å²) in [5, 5.41) is 3.38. The lowest BCUT2D eigenvalue weighted by Gasteiger charge is -2.31. The number of aryl methyl sites for hydroxylation is 1. The molecule has 21 heavy (non-hydrogen) atoms. The molecule has 1 rings (SSSR count). The maximum Gasteiger partial charge on any atom is 0.155 e. The summed E-state index contributed by atoms with van der Waals surface area (Å²) in [6.45, 7) is 11.2. The molecule has 0 saturated carbocycles. The van der Waals surface area contributed by atoms with Gasteiger partial charge in [-0.1, -0.05) is 57.5 Å². The van der Waals surface area contributed by atoms with Crippen LogP contribution in [0.25, 0.3) is 0 Å². The van der Waals surface area contributed by atoms with Gasteiger partial charge in [0.15, 0.2) is 9.84 Å². The SMILES string of the molecule is CCCNC(CS(=O)(=O)Cc1cccc(C)c1)C(C)(C)C. The van der Waals surface area contributed by atoms with E-state index in [-0.39, 0.29) is 23.0 Å². The molecule has 0 aliphatic rings. The summed E-state index contributed by atoms with van der Waals surface area (Å²) in [7, 11) is -3.13. The van der Waals surface area contributed by atoms with Crippen LogP contribution >= 0.6 is 0 Å². The van der Waals surface area contributed by atoms with Gasteiger partial charge in [-0.15, -0.1) is 0 Å². The van der Waals surface area contributed by atoms with Gasteiger partial charge in [-0.05, 0) is 30.9 Å². The maximum absolute atomic E-state index is 12.5. The molecule has 0 spiro atoms. The van der Waals surface area contributed by atoms with Crippen LogP contribution in [0.2, 0.25) is 0 Å². The predicted octanol–water partition coefficient (Wildman–Crippen LogP) is 3.32. The van der Waals surface area contributed by atoms with Gasteiger partial charge < -0.3 is 5.32 Å². The number of hydrogen-bond donors (Lipinski definition) is 1. The number of benzene rings is 1. The van der Waals surface area contributed by atoms with Gasteiger partial charge >= 0.3 is 0 Å². The van der Waals surface area contributed by atoms with E-state index in [9.17, 15) is 8.42 Å². The second-order valence-corrected chi connectivity index (χ2v) is 9.03. The monoisotopic (exact) mass is 311 g/mol. The fourth-order valence-electron chi connectivity index (χ4n) is 2.30. The Kier molecular flexibility index (Phi) is 6.41. The van der Waals surface area contributed by atoms with E-state index in [0.29, 0.717) is 0 Å². The van der Waals surface area contributed by atoms with Crippen LogP contribution in [-0.4, -0.2) is 26.8 Å². The van der Waals surface area contributed by atoms with Crippen LogP contribution in [0.5, 0.6) is 0 Å². The summed E-state index contributed by atoms with van der Waals surface area (Å²) in [5.41, 5.74) is 1.90. The Hall–Kier alpha value is -0.870. The molecule has 0 amide bonds. The lowest BCUT2D eigenvalue weighted by Crippen LogP contribution is -2.45.